The minimum atomic E-state index is -1.25. The van der Waals surface area contributed by atoms with Crippen LogP contribution in [0, 0.1) is 30.6 Å². The lowest BCUT2D eigenvalue weighted by Crippen LogP contribution is -2.70. The number of benzene rings is 1. The second-order valence-corrected chi connectivity index (χ2v) is 16.5. The Hall–Kier alpha value is -3.77. The Morgan fingerprint density at radius 1 is 1.09 bits per heavy atom. The molecule has 5 aliphatic rings. The number of unbranched alkanes of at least 4 members (excludes halogenated alkanes) is 2. The summed E-state index contributed by atoms with van der Waals surface area (Å²) in [5.41, 5.74) is 4.65. The number of aromatic nitrogens is 1. The van der Waals surface area contributed by atoms with E-state index in [1.54, 1.807) is 6.08 Å². The Morgan fingerprint density at radius 2 is 1.91 bits per heavy atom. The summed E-state index contributed by atoms with van der Waals surface area (Å²) < 4.78 is 26.9. The van der Waals surface area contributed by atoms with E-state index in [1.807, 2.05) is 42.2 Å². The average Bonchev–Trinajstić information content (AvgIpc) is 4.08. The SMILES string of the molecule is C=CCOC12Oc3ccc(OCc4cccc(C)n4)cc3C3C(CCCCO)C(CCCCO)C=C(C(=NOC4CCCCO4)CC1N(CCC)C(=O)C1CC1)C32. The third kappa shape index (κ3) is 9.27. The molecule has 0 radical (unpaired) electrons. The fourth-order valence-electron chi connectivity index (χ4n) is 9.72. The van der Waals surface area contributed by atoms with Crippen LogP contribution in [0.5, 0.6) is 11.5 Å². The van der Waals surface area contributed by atoms with Gasteiger partial charge in [0.15, 0.2) is 0 Å². The second kappa shape index (κ2) is 19.3. The first-order valence-corrected chi connectivity index (χ1v) is 21.6. The van der Waals surface area contributed by atoms with Crippen LogP contribution >= 0.6 is 0 Å². The van der Waals surface area contributed by atoms with Crippen LogP contribution in [0.25, 0.3) is 0 Å². The minimum Gasteiger partial charge on any atom is -0.487 e. The van der Waals surface area contributed by atoms with Gasteiger partial charge in [-0.1, -0.05) is 43.1 Å². The zero-order valence-electron chi connectivity index (χ0n) is 34.0. The van der Waals surface area contributed by atoms with E-state index in [0.29, 0.717) is 39.0 Å². The lowest BCUT2D eigenvalue weighted by Gasteiger charge is -2.60. The number of fused-ring (bicyclic) bond motifs is 2. The van der Waals surface area contributed by atoms with Gasteiger partial charge in [-0.2, -0.15) is 0 Å². The van der Waals surface area contributed by atoms with E-state index in [-0.39, 0.29) is 55.3 Å². The van der Waals surface area contributed by atoms with Gasteiger partial charge in [-0.15, -0.1) is 6.58 Å². The number of aliphatic hydroxyl groups excluding tert-OH is 2. The molecule has 11 heteroatoms. The number of carbonyl (C=O) groups excluding carboxylic acids is 1. The number of allylic oxidation sites excluding steroid dienone is 1. The molecule has 7 rings (SSSR count). The molecular formula is C46H63N3O8. The minimum absolute atomic E-state index is 0.0000141. The molecule has 0 bridgehead atoms. The van der Waals surface area contributed by atoms with Gasteiger partial charge in [-0.25, -0.2) is 0 Å². The third-order valence-corrected chi connectivity index (χ3v) is 12.4. The molecule has 1 aromatic carbocycles. The summed E-state index contributed by atoms with van der Waals surface area (Å²) in [6.45, 7) is 10.2. The van der Waals surface area contributed by atoms with E-state index in [9.17, 15) is 15.0 Å². The second-order valence-electron chi connectivity index (χ2n) is 16.5. The van der Waals surface area contributed by atoms with Crippen LogP contribution in [0.4, 0.5) is 0 Å². The van der Waals surface area contributed by atoms with Gasteiger partial charge in [0.05, 0.1) is 30.5 Å². The molecule has 1 saturated heterocycles. The van der Waals surface area contributed by atoms with Crippen molar-refractivity contribution in [2.45, 2.75) is 128 Å². The molecule has 2 aromatic rings. The van der Waals surface area contributed by atoms with Crippen molar-refractivity contribution in [1.29, 1.82) is 0 Å². The highest BCUT2D eigenvalue weighted by Gasteiger charge is 2.65. The molecule has 57 heavy (non-hydrogen) atoms. The Morgan fingerprint density at radius 3 is 2.63 bits per heavy atom. The van der Waals surface area contributed by atoms with Gasteiger partial charge in [-0.05, 0) is 112 Å². The van der Waals surface area contributed by atoms with Gasteiger partial charge in [0.25, 0.3) is 0 Å². The predicted molar refractivity (Wildman–Crippen MR) is 218 cm³/mol. The number of hydrogen-bond donors (Lipinski definition) is 2. The maximum Gasteiger partial charge on any atom is 0.239 e. The Balaban J connectivity index is 1.40. The lowest BCUT2D eigenvalue weighted by molar-refractivity contribution is -0.258. The molecule has 1 aromatic heterocycles. The van der Waals surface area contributed by atoms with Gasteiger partial charge in [0.2, 0.25) is 18.0 Å². The quantitative estimate of drug-likeness (QED) is 0.0785. The number of hydrogen-bond acceptors (Lipinski definition) is 10. The Bertz CT molecular complexity index is 1740. The first kappa shape index (κ1) is 41.4. The van der Waals surface area contributed by atoms with E-state index >= 15 is 0 Å². The Kier molecular flexibility index (Phi) is 14.0. The smallest absolute Gasteiger partial charge is 0.239 e. The van der Waals surface area contributed by atoms with Crippen molar-refractivity contribution < 1.29 is 38.8 Å². The number of nitrogens with zero attached hydrogens (tertiary/aromatic N) is 3. The zero-order chi connectivity index (χ0) is 39.8. The molecule has 2 N–H and O–H groups in total. The first-order valence-electron chi connectivity index (χ1n) is 21.6. The number of pyridine rings is 1. The fourth-order valence-corrected chi connectivity index (χ4v) is 9.72. The molecule has 7 atom stereocenters. The summed E-state index contributed by atoms with van der Waals surface area (Å²) in [5, 5.41) is 24.8. The predicted octanol–water partition coefficient (Wildman–Crippen LogP) is 7.78. The zero-order valence-corrected chi connectivity index (χ0v) is 34.0. The summed E-state index contributed by atoms with van der Waals surface area (Å²) in [4.78, 5) is 27.4. The van der Waals surface area contributed by atoms with Crippen molar-refractivity contribution in [3.8, 4) is 11.5 Å². The largest absolute Gasteiger partial charge is 0.487 e. The van der Waals surface area contributed by atoms with Gasteiger partial charge in [0, 0.05) is 55.7 Å². The normalized spacial score (nSPS) is 28.4. The highest BCUT2D eigenvalue weighted by Crippen LogP contribution is 2.62. The molecule has 3 aliphatic carbocycles. The van der Waals surface area contributed by atoms with Crippen molar-refractivity contribution in [2.24, 2.45) is 28.8 Å². The highest BCUT2D eigenvalue weighted by molar-refractivity contribution is 6.03. The summed E-state index contributed by atoms with van der Waals surface area (Å²) in [7, 11) is 0. The van der Waals surface area contributed by atoms with Crippen molar-refractivity contribution in [1.82, 2.24) is 9.88 Å². The van der Waals surface area contributed by atoms with E-state index in [4.69, 9.17) is 28.9 Å². The van der Waals surface area contributed by atoms with Crippen LogP contribution in [0.1, 0.15) is 113 Å². The van der Waals surface area contributed by atoms with E-state index < -0.39 is 18.1 Å². The molecular weight excluding hydrogens is 723 g/mol. The van der Waals surface area contributed by atoms with Gasteiger partial charge in [0.1, 0.15) is 24.1 Å². The van der Waals surface area contributed by atoms with Crippen molar-refractivity contribution in [3.05, 3.63) is 77.7 Å². The van der Waals surface area contributed by atoms with Crippen molar-refractivity contribution in [2.75, 3.05) is 33.0 Å². The monoisotopic (exact) mass is 785 g/mol. The maximum atomic E-state index is 14.4. The van der Waals surface area contributed by atoms with Gasteiger partial charge < -0.3 is 38.9 Å². The molecule has 3 heterocycles. The fraction of sp³-hybridized carbons (Fsp3) is 0.630. The highest BCUT2D eigenvalue weighted by atomic mass is 16.8. The number of ether oxygens (including phenoxy) is 4. The summed E-state index contributed by atoms with van der Waals surface area (Å²) in [6.07, 6.45) is 14.4. The summed E-state index contributed by atoms with van der Waals surface area (Å²) >= 11 is 0. The Labute approximate surface area is 338 Å². The molecule has 0 spiro atoms. The molecule has 7 unspecified atom stereocenters. The van der Waals surface area contributed by atoms with Crippen LogP contribution in [-0.4, -0.2) is 82.8 Å². The van der Waals surface area contributed by atoms with Gasteiger partial charge in [-0.3, -0.25) is 9.78 Å². The topological polar surface area (TPSA) is 132 Å². The number of aryl methyl sites for hydroxylation is 1. The lowest BCUT2D eigenvalue weighted by atomic mass is 9.55. The molecule has 310 valence electrons. The van der Waals surface area contributed by atoms with Crippen LogP contribution in [0.3, 0.4) is 0 Å². The van der Waals surface area contributed by atoms with Crippen LogP contribution in [-0.2, 0) is 25.7 Å². The average molecular weight is 786 g/mol. The third-order valence-electron chi connectivity index (χ3n) is 12.4. The maximum absolute atomic E-state index is 14.4. The molecule has 11 nitrogen and oxygen atoms in total. The molecule has 2 saturated carbocycles. The molecule has 3 fully saturated rings. The van der Waals surface area contributed by atoms with Crippen LogP contribution < -0.4 is 9.47 Å². The van der Waals surface area contributed by atoms with E-state index in [0.717, 1.165) is 104 Å². The number of amides is 1. The van der Waals surface area contributed by atoms with Crippen molar-refractivity contribution >= 4 is 11.6 Å². The number of rotatable bonds is 20. The van der Waals surface area contributed by atoms with Gasteiger partial charge >= 0.3 is 0 Å². The van der Waals surface area contributed by atoms with E-state index in [2.05, 4.69) is 30.6 Å². The van der Waals surface area contributed by atoms with E-state index in [1.165, 1.54) is 0 Å². The summed E-state index contributed by atoms with van der Waals surface area (Å²) in [6, 6.07) is 11.5. The van der Waals surface area contributed by atoms with Crippen molar-refractivity contribution in [3.63, 3.8) is 0 Å². The molecule has 2 aliphatic heterocycles. The number of oxime groups is 1. The summed E-state index contributed by atoms with van der Waals surface area (Å²) in [5.74, 6) is 0.132. The number of aliphatic hydroxyl groups is 2. The molecule has 1 amide bonds. The van der Waals surface area contributed by atoms with Crippen LogP contribution in [0.2, 0.25) is 0 Å². The van der Waals surface area contributed by atoms with Crippen LogP contribution in [0.15, 0.2) is 65.9 Å². The standard InChI is InChI=1S/C46H63N3O8/c1-4-22-49(45(52)32-18-19-32)41-29-39(48-57-42-17-8-11-26-53-42)37-27-33(14-6-9-23-50)36(16-7-10-24-51)43-38-28-35(54-30-34-15-12-13-31(3)47-34)20-21-40(38)56-46(41,44(37)43)55-25-5-2/h5,12-13,15,20-21,27-28,32-33,36,41-44,50-51H,2,4,6-11,14,16-19,22-26,29-30H2,1,3H3. The first-order chi connectivity index (χ1) is 27.9. The number of carbonyl (C=O) groups is 1.